The third kappa shape index (κ3) is 2.56. The minimum absolute atomic E-state index is 0.348. The van der Waals surface area contributed by atoms with E-state index in [0.29, 0.717) is 11.7 Å². The number of aromatic nitrogens is 2. The summed E-state index contributed by atoms with van der Waals surface area (Å²) in [5.74, 6) is 1.03. The van der Waals surface area contributed by atoms with Gasteiger partial charge in [0.2, 0.25) is 0 Å². The zero-order valence-electron chi connectivity index (χ0n) is 8.00. The third-order valence-electron chi connectivity index (χ3n) is 1.85. The Morgan fingerprint density at radius 1 is 1.40 bits per heavy atom. The van der Waals surface area contributed by atoms with Crippen LogP contribution in [0, 0.1) is 6.92 Å². The fourth-order valence-electron chi connectivity index (χ4n) is 1.27. The van der Waals surface area contributed by atoms with Gasteiger partial charge in [0.1, 0.15) is 5.82 Å². The molecule has 2 nitrogen and oxygen atoms in total. The molecule has 78 valence electrons. The molecule has 2 aromatic heterocycles. The van der Waals surface area contributed by atoms with Gasteiger partial charge in [-0.25, -0.2) is 9.97 Å². The second kappa shape index (κ2) is 4.60. The van der Waals surface area contributed by atoms with E-state index >= 15 is 0 Å². The van der Waals surface area contributed by atoms with Crippen LogP contribution in [0.15, 0.2) is 22.0 Å². The second-order valence-corrected chi connectivity index (χ2v) is 5.78. The van der Waals surface area contributed by atoms with E-state index in [0.717, 1.165) is 20.1 Å². The van der Waals surface area contributed by atoms with Crippen molar-refractivity contribution >= 4 is 38.9 Å². The molecule has 0 aromatic carbocycles. The van der Waals surface area contributed by atoms with Crippen molar-refractivity contribution in [2.45, 2.75) is 12.8 Å². The molecule has 0 radical (unpaired) electrons. The van der Waals surface area contributed by atoms with E-state index < -0.39 is 0 Å². The van der Waals surface area contributed by atoms with Crippen LogP contribution in [-0.4, -0.2) is 9.97 Å². The fraction of sp³-hybridized carbons (Fsp3) is 0.200. The third-order valence-corrected chi connectivity index (χ3v) is 3.73. The predicted molar refractivity (Wildman–Crippen MR) is 67.3 cm³/mol. The maximum atomic E-state index is 5.73. The number of aryl methyl sites for hydroxylation is 1. The maximum absolute atomic E-state index is 5.73. The topological polar surface area (TPSA) is 25.8 Å². The molecule has 0 aliphatic rings. The molecule has 5 heteroatoms. The van der Waals surface area contributed by atoms with Crippen molar-refractivity contribution < 1.29 is 0 Å². The van der Waals surface area contributed by atoms with Crippen LogP contribution in [0.25, 0.3) is 10.6 Å². The molecular weight excluding hydrogens is 296 g/mol. The number of alkyl halides is 1. The summed E-state index contributed by atoms with van der Waals surface area (Å²) in [4.78, 5) is 9.74. The van der Waals surface area contributed by atoms with Gasteiger partial charge in [-0.05, 0) is 41.1 Å². The number of hydrogen-bond donors (Lipinski definition) is 0. The van der Waals surface area contributed by atoms with Crippen molar-refractivity contribution in [3.05, 3.63) is 33.5 Å². The van der Waals surface area contributed by atoms with Crippen molar-refractivity contribution in [1.29, 1.82) is 0 Å². The molecule has 2 heterocycles. The molecule has 0 saturated heterocycles. The summed E-state index contributed by atoms with van der Waals surface area (Å²) in [5.41, 5.74) is 1.88. The lowest BCUT2D eigenvalue weighted by Gasteiger charge is -2.01. The molecule has 0 bridgehead atoms. The Hall–Kier alpha value is -0.450. The quantitative estimate of drug-likeness (QED) is 0.783. The highest BCUT2D eigenvalue weighted by atomic mass is 79.9. The van der Waals surface area contributed by atoms with Crippen molar-refractivity contribution in [2.75, 3.05) is 0 Å². The Bertz CT molecular complexity index is 484. The highest BCUT2D eigenvalue weighted by molar-refractivity contribution is 9.11. The monoisotopic (exact) mass is 302 g/mol. The van der Waals surface area contributed by atoms with Crippen LogP contribution < -0.4 is 0 Å². The molecule has 15 heavy (non-hydrogen) atoms. The summed E-state index contributed by atoms with van der Waals surface area (Å²) < 4.78 is 1.10. The van der Waals surface area contributed by atoms with E-state index in [4.69, 9.17) is 11.6 Å². The minimum Gasteiger partial charge on any atom is -0.237 e. The van der Waals surface area contributed by atoms with Crippen LogP contribution in [0.5, 0.6) is 0 Å². The molecule has 0 aliphatic heterocycles. The van der Waals surface area contributed by atoms with Crippen molar-refractivity contribution in [3.8, 4) is 10.6 Å². The van der Waals surface area contributed by atoms with Crippen LogP contribution in [0.4, 0.5) is 0 Å². The molecule has 0 atom stereocenters. The first-order valence-corrected chi connectivity index (χ1v) is 6.49. The molecule has 0 saturated carbocycles. The largest absolute Gasteiger partial charge is 0.237 e. The molecule has 0 amide bonds. The summed E-state index contributed by atoms with van der Waals surface area (Å²) in [5, 5.41) is 0. The Morgan fingerprint density at radius 2 is 2.20 bits per heavy atom. The molecule has 2 rings (SSSR count). The van der Waals surface area contributed by atoms with Gasteiger partial charge in [0.05, 0.1) is 20.2 Å². The molecule has 0 spiro atoms. The van der Waals surface area contributed by atoms with Gasteiger partial charge in [0.25, 0.3) is 0 Å². The van der Waals surface area contributed by atoms with E-state index in [2.05, 4.69) is 25.9 Å². The molecule has 0 aliphatic carbocycles. The van der Waals surface area contributed by atoms with Crippen LogP contribution in [-0.2, 0) is 5.88 Å². The van der Waals surface area contributed by atoms with Gasteiger partial charge >= 0.3 is 0 Å². The van der Waals surface area contributed by atoms with Gasteiger partial charge in [-0.15, -0.1) is 22.9 Å². The smallest absolute Gasteiger partial charge is 0.144 e. The van der Waals surface area contributed by atoms with E-state index in [1.807, 2.05) is 25.1 Å². The van der Waals surface area contributed by atoms with E-state index in [9.17, 15) is 0 Å². The number of nitrogens with zero attached hydrogens (tertiary/aromatic N) is 2. The Labute approximate surface area is 105 Å². The predicted octanol–water partition coefficient (Wildman–Crippen LogP) is 4.01. The van der Waals surface area contributed by atoms with Gasteiger partial charge in [0.15, 0.2) is 0 Å². The number of halogens is 2. The van der Waals surface area contributed by atoms with Crippen LogP contribution in [0.3, 0.4) is 0 Å². The molecule has 0 unspecified atom stereocenters. The van der Waals surface area contributed by atoms with Crippen molar-refractivity contribution in [1.82, 2.24) is 9.97 Å². The summed E-state index contributed by atoms with van der Waals surface area (Å²) in [6, 6.07) is 6.01. The molecular formula is C10H8BrClN2S. The normalized spacial score (nSPS) is 10.6. The minimum atomic E-state index is 0.348. The molecule has 2 aromatic rings. The van der Waals surface area contributed by atoms with Gasteiger partial charge in [0, 0.05) is 5.69 Å². The summed E-state index contributed by atoms with van der Waals surface area (Å²) in [7, 11) is 0. The van der Waals surface area contributed by atoms with Gasteiger partial charge < -0.3 is 0 Å². The first-order valence-electron chi connectivity index (χ1n) is 4.35. The zero-order chi connectivity index (χ0) is 10.8. The number of thiophene rings is 1. The lowest BCUT2D eigenvalue weighted by atomic mass is 10.3. The Balaban J connectivity index is 2.48. The Morgan fingerprint density at radius 3 is 2.80 bits per heavy atom. The van der Waals surface area contributed by atoms with Crippen LogP contribution in [0.1, 0.15) is 11.5 Å². The van der Waals surface area contributed by atoms with Gasteiger partial charge in [-0.1, -0.05) is 0 Å². The first-order chi connectivity index (χ1) is 7.19. The molecule has 0 fully saturated rings. The average Bonchev–Trinajstić information content (AvgIpc) is 2.64. The van der Waals surface area contributed by atoms with E-state index in [1.54, 1.807) is 11.3 Å². The number of hydrogen-bond acceptors (Lipinski definition) is 3. The van der Waals surface area contributed by atoms with Crippen LogP contribution in [0.2, 0.25) is 0 Å². The fourth-order valence-corrected chi connectivity index (χ4v) is 2.73. The summed E-state index contributed by atoms with van der Waals surface area (Å²) in [6.45, 7) is 1.95. The van der Waals surface area contributed by atoms with Crippen LogP contribution >= 0.6 is 38.9 Å². The zero-order valence-corrected chi connectivity index (χ0v) is 11.2. The summed E-state index contributed by atoms with van der Waals surface area (Å²) >= 11 is 10.8. The highest BCUT2D eigenvalue weighted by Gasteiger charge is 2.06. The summed E-state index contributed by atoms with van der Waals surface area (Å²) in [6.07, 6.45) is 0. The SMILES string of the molecule is Cc1cc(-c2ccc(Br)s2)nc(CCl)n1. The lowest BCUT2D eigenvalue weighted by Crippen LogP contribution is -1.95. The lowest BCUT2D eigenvalue weighted by molar-refractivity contribution is 0.999. The standard InChI is InChI=1S/C10H8BrClN2S/c1-6-4-7(14-10(5-12)13-6)8-2-3-9(11)15-8/h2-4H,5H2,1H3. The second-order valence-electron chi connectivity index (χ2n) is 3.05. The Kier molecular flexibility index (Phi) is 3.38. The van der Waals surface area contributed by atoms with Gasteiger partial charge in [-0.3, -0.25) is 0 Å². The van der Waals surface area contributed by atoms with Gasteiger partial charge in [-0.2, -0.15) is 0 Å². The van der Waals surface area contributed by atoms with Crippen molar-refractivity contribution in [2.24, 2.45) is 0 Å². The van der Waals surface area contributed by atoms with E-state index in [-0.39, 0.29) is 0 Å². The first kappa shape index (κ1) is 11.0. The van der Waals surface area contributed by atoms with E-state index in [1.165, 1.54) is 0 Å². The maximum Gasteiger partial charge on any atom is 0.144 e. The number of rotatable bonds is 2. The highest BCUT2D eigenvalue weighted by Crippen LogP contribution is 2.30. The molecule has 0 N–H and O–H groups in total. The van der Waals surface area contributed by atoms with Crippen molar-refractivity contribution in [3.63, 3.8) is 0 Å². The average molecular weight is 304 g/mol.